The van der Waals surface area contributed by atoms with Crippen LogP contribution in [0.2, 0.25) is 0 Å². The fourth-order valence-corrected chi connectivity index (χ4v) is 4.18. The summed E-state index contributed by atoms with van der Waals surface area (Å²) in [6.45, 7) is 0.926. The average molecular weight is 484 g/mol. The van der Waals surface area contributed by atoms with Gasteiger partial charge in [0.05, 0.1) is 0 Å². The van der Waals surface area contributed by atoms with Crippen LogP contribution >= 0.6 is 0 Å². The molecule has 0 atom stereocenters. The Bertz CT molecular complexity index is 1550. The summed E-state index contributed by atoms with van der Waals surface area (Å²) in [7, 11) is 0. The molecule has 6 rings (SSSR count). The third-order valence-electron chi connectivity index (χ3n) is 6.09. The molecule has 0 fully saturated rings. The second-order valence-corrected chi connectivity index (χ2v) is 8.78. The number of benzene rings is 4. The van der Waals surface area contributed by atoms with Crippen molar-refractivity contribution in [2.24, 2.45) is 0 Å². The molecule has 1 N–H and O–H groups in total. The molecule has 0 aliphatic rings. The van der Waals surface area contributed by atoms with Gasteiger partial charge in [-0.25, -0.2) is 9.97 Å². The van der Waals surface area contributed by atoms with E-state index >= 15 is 0 Å². The van der Waals surface area contributed by atoms with Crippen molar-refractivity contribution in [1.29, 1.82) is 0 Å². The molecule has 6 aromatic rings. The predicted molar refractivity (Wildman–Crippen MR) is 146 cm³/mol. The van der Waals surface area contributed by atoms with Gasteiger partial charge in [0.2, 0.25) is 0 Å². The average Bonchev–Trinajstić information content (AvgIpc) is 3.40. The van der Waals surface area contributed by atoms with Crippen molar-refractivity contribution in [2.45, 2.75) is 13.2 Å². The Morgan fingerprint density at radius 2 is 1.14 bits per heavy atom. The van der Waals surface area contributed by atoms with Crippen molar-refractivity contribution >= 4 is 11.2 Å². The Morgan fingerprint density at radius 3 is 1.73 bits per heavy atom. The third-order valence-corrected chi connectivity index (χ3v) is 6.09. The highest BCUT2D eigenvalue weighted by Gasteiger charge is 2.12. The molecule has 0 unspecified atom stereocenters. The second kappa shape index (κ2) is 10.4. The molecule has 2 heterocycles. The number of pyridine rings is 1. The molecular weight excluding hydrogens is 458 g/mol. The number of rotatable bonds is 8. The molecule has 5 heteroatoms. The van der Waals surface area contributed by atoms with Crippen molar-refractivity contribution in [3.05, 3.63) is 133 Å². The maximum Gasteiger partial charge on any atom is 0.157 e. The fraction of sp³-hybridized carbons (Fsp3) is 0.0625. The lowest BCUT2D eigenvalue weighted by Crippen LogP contribution is -1.99. The van der Waals surface area contributed by atoms with Gasteiger partial charge in [-0.2, -0.15) is 0 Å². The zero-order chi connectivity index (χ0) is 24.9. The summed E-state index contributed by atoms with van der Waals surface area (Å²) in [5, 5.41) is 0. The Balaban J connectivity index is 1.32. The van der Waals surface area contributed by atoms with E-state index in [1.165, 1.54) is 0 Å². The Hall–Kier alpha value is -4.90. The predicted octanol–water partition coefficient (Wildman–Crippen LogP) is 7.45. The van der Waals surface area contributed by atoms with E-state index in [9.17, 15) is 0 Å². The van der Waals surface area contributed by atoms with Gasteiger partial charge in [-0.3, -0.25) is 0 Å². The minimum absolute atomic E-state index is 0.463. The maximum atomic E-state index is 6.16. The SMILES string of the molecule is c1ccc(COc2cc(OCc3ccccc3)cc(-c3nc4cc(-c5ccccc5)cnc4[nH]3)c2)cc1. The molecule has 0 saturated carbocycles. The number of hydrogen-bond donors (Lipinski definition) is 1. The van der Waals surface area contributed by atoms with Crippen molar-refractivity contribution in [1.82, 2.24) is 15.0 Å². The number of fused-ring (bicyclic) bond motifs is 1. The summed E-state index contributed by atoms with van der Waals surface area (Å²) in [6, 6.07) is 38.3. The molecule has 4 aromatic carbocycles. The molecule has 0 aliphatic carbocycles. The monoisotopic (exact) mass is 483 g/mol. The van der Waals surface area contributed by atoms with Gasteiger partial charge in [0.1, 0.15) is 36.1 Å². The fourth-order valence-electron chi connectivity index (χ4n) is 4.18. The van der Waals surface area contributed by atoms with E-state index in [1.807, 2.05) is 103 Å². The molecule has 0 saturated heterocycles. The third kappa shape index (κ3) is 5.36. The summed E-state index contributed by atoms with van der Waals surface area (Å²) >= 11 is 0. The Morgan fingerprint density at radius 1 is 0.568 bits per heavy atom. The van der Waals surface area contributed by atoms with E-state index in [1.54, 1.807) is 0 Å². The van der Waals surface area contributed by atoms with Crippen LogP contribution in [0.5, 0.6) is 11.5 Å². The van der Waals surface area contributed by atoms with Gasteiger partial charge >= 0.3 is 0 Å². The van der Waals surface area contributed by atoms with Gasteiger partial charge in [0.15, 0.2) is 5.65 Å². The van der Waals surface area contributed by atoms with E-state index in [-0.39, 0.29) is 0 Å². The number of aromatic amines is 1. The lowest BCUT2D eigenvalue weighted by atomic mass is 10.1. The number of ether oxygens (including phenoxy) is 2. The topological polar surface area (TPSA) is 60.0 Å². The molecule has 0 spiro atoms. The van der Waals surface area contributed by atoms with Crippen LogP contribution in [0.15, 0.2) is 121 Å². The van der Waals surface area contributed by atoms with Gasteiger partial charge in [0, 0.05) is 23.4 Å². The van der Waals surface area contributed by atoms with E-state index in [4.69, 9.17) is 14.5 Å². The smallest absolute Gasteiger partial charge is 0.157 e. The summed E-state index contributed by atoms with van der Waals surface area (Å²) in [4.78, 5) is 12.8. The first kappa shape index (κ1) is 22.6. The van der Waals surface area contributed by atoms with Gasteiger partial charge in [-0.05, 0) is 34.9 Å². The van der Waals surface area contributed by atoms with E-state index in [2.05, 4.69) is 28.2 Å². The van der Waals surface area contributed by atoms with E-state index < -0.39 is 0 Å². The van der Waals surface area contributed by atoms with Crippen LogP contribution in [0.4, 0.5) is 0 Å². The standard InChI is InChI=1S/C32H25N3O2/c1-4-10-23(11-5-1)21-36-28-16-26(17-29(19-28)37-22-24-12-6-2-7-13-24)31-34-30-18-27(20-33-32(30)35-31)25-14-8-3-9-15-25/h1-20H,21-22H2,(H,33,34,35). The lowest BCUT2D eigenvalue weighted by Gasteiger charge is -2.12. The lowest BCUT2D eigenvalue weighted by molar-refractivity contribution is 0.290. The number of nitrogens with zero attached hydrogens (tertiary/aromatic N) is 2. The van der Waals surface area contributed by atoms with Crippen LogP contribution in [0, 0.1) is 0 Å². The highest BCUT2D eigenvalue weighted by Crippen LogP contribution is 2.31. The second-order valence-electron chi connectivity index (χ2n) is 8.78. The number of imidazole rings is 1. The first-order valence-corrected chi connectivity index (χ1v) is 12.2. The molecule has 0 bridgehead atoms. The Kier molecular flexibility index (Phi) is 6.33. The van der Waals surface area contributed by atoms with Crippen molar-refractivity contribution in [2.75, 3.05) is 0 Å². The van der Waals surface area contributed by atoms with Crippen molar-refractivity contribution < 1.29 is 9.47 Å². The normalized spacial score (nSPS) is 10.9. The maximum absolute atomic E-state index is 6.16. The summed E-state index contributed by atoms with van der Waals surface area (Å²) < 4.78 is 12.3. The molecule has 2 aromatic heterocycles. The molecule has 180 valence electrons. The van der Waals surface area contributed by atoms with Crippen LogP contribution in [0.25, 0.3) is 33.7 Å². The van der Waals surface area contributed by atoms with Gasteiger partial charge in [0.25, 0.3) is 0 Å². The van der Waals surface area contributed by atoms with E-state index in [0.717, 1.165) is 39.0 Å². The molecule has 37 heavy (non-hydrogen) atoms. The van der Waals surface area contributed by atoms with Crippen molar-refractivity contribution in [3.8, 4) is 34.0 Å². The van der Waals surface area contributed by atoms with Crippen LogP contribution in [-0.2, 0) is 13.2 Å². The first-order valence-electron chi connectivity index (χ1n) is 12.2. The largest absolute Gasteiger partial charge is 0.489 e. The van der Waals surface area contributed by atoms with E-state index in [0.29, 0.717) is 30.5 Å². The van der Waals surface area contributed by atoms with Crippen molar-refractivity contribution in [3.63, 3.8) is 0 Å². The van der Waals surface area contributed by atoms with Crippen LogP contribution in [-0.4, -0.2) is 15.0 Å². The van der Waals surface area contributed by atoms with Crippen LogP contribution in [0.3, 0.4) is 0 Å². The van der Waals surface area contributed by atoms with Crippen LogP contribution in [0.1, 0.15) is 11.1 Å². The molecule has 0 aliphatic heterocycles. The summed E-state index contributed by atoms with van der Waals surface area (Å²) in [5.41, 5.74) is 6.73. The summed E-state index contributed by atoms with van der Waals surface area (Å²) in [6.07, 6.45) is 1.87. The number of hydrogen-bond acceptors (Lipinski definition) is 4. The van der Waals surface area contributed by atoms with Gasteiger partial charge in [-0.15, -0.1) is 0 Å². The molecule has 0 amide bonds. The van der Waals surface area contributed by atoms with Gasteiger partial charge < -0.3 is 14.5 Å². The zero-order valence-electron chi connectivity index (χ0n) is 20.2. The Labute approximate surface area is 215 Å². The number of nitrogens with one attached hydrogen (secondary N) is 1. The quantitative estimate of drug-likeness (QED) is 0.244. The van der Waals surface area contributed by atoms with Crippen LogP contribution < -0.4 is 9.47 Å². The first-order chi connectivity index (χ1) is 18.3. The highest BCUT2D eigenvalue weighted by atomic mass is 16.5. The summed E-state index contributed by atoms with van der Waals surface area (Å²) in [5.74, 6) is 2.13. The van der Waals surface area contributed by atoms with Gasteiger partial charge in [-0.1, -0.05) is 91.0 Å². The minimum Gasteiger partial charge on any atom is -0.489 e. The number of H-pyrrole nitrogens is 1. The molecular formula is C32H25N3O2. The molecule has 0 radical (unpaired) electrons. The highest BCUT2D eigenvalue weighted by molar-refractivity contribution is 5.81. The molecule has 5 nitrogen and oxygen atoms in total. The zero-order valence-corrected chi connectivity index (χ0v) is 20.2. The number of aromatic nitrogens is 3. The minimum atomic E-state index is 0.463.